The Balaban J connectivity index is 2.39. The summed E-state index contributed by atoms with van der Waals surface area (Å²) in [5.74, 6) is -1.23. The number of nitrogens with one attached hydrogen (secondary N) is 1. The van der Waals surface area contributed by atoms with Crippen molar-refractivity contribution in [2.24, 2.45) is 0 Å². The predicted molar refractivity (Wildman–Crippen MR) is 59.3 cm³/mol. The zero-order valence-corrected chi connectivity index (χ0v) is 9.56. The van der Waals surface area contributed by atoms with Crippen molar-refractivity contribution in [3.8, 4) is 5.75 Å². The molecule has 0 aliphatic carbocycles. The summed E-state index contributed by atoms with van der Waals surface area (Å²) in [5.41, 5.74) is 1.11. The molecular formula is C12H14NO4-. The highest BCUT2D eigenvalue weighted by Crippen LogP contribution is 2.13. The molecule has 5 nitrogen and oxygen atoms in total. The van der Waals surface area contributed by atoms with Gasteiger partial charge in [-0.2, -0.15) is 0 Å². The van der Waals surface area contributed by atoms with Crippen LogP contribution < -0.4 is 15.2 Å². The van der Waals surface area contributed by atoms with Gasteiger partial charge >= 0.3 is 0 Å². The number of aryl methyl sites for hydroxylation is 1. The van der Waals surface area contributed by atoms with E-state index in [4.69, 9.17) is 4.74 Å². The van der Waals surface area contributed by atoms with E-state index < -0.39 is 18.4 Å². The molecule has 1 aromatic carbocycles. The van der Waals surface area contributed by atoms with Gasteiger partial charge in [-0.05, 0) is 24.1 Å². The fraction of sp³-hybridized carbons (Fsp3) is 0.333. The summed E-state index contributed by atoms with van der Waals surface area (Å²) in [5, 5.41) is 12.2. The van der Waals surface area contributed by atoms with E-state index in [0.29, 0.717) is 5.75 Å². The molecule has 17 heavy (non-hydrogen) atoms. The number of rotatable bonds is 6. The van der Waals surface area contributed by atoms with Crippen LogP contribution in [0, 0.1) is 0 Å². The molecule has 0 radical (unpaired) electrons. The Labute approximate surface area is 99.4 Å². The molecule has 0 saturated carbocycles. The van der Waals surface area contributed by atoms with Crippen molar-refractivity contribution in [2.75, 3.05) is 13.2 Å². The van der Waals surface area contributed by atoms with Crippen molar-refractivity contribution >= 4 is 11.9 Å². The molecule has 92 valence electrons. The normalized spacial score (nSPS) is 9.71. The maximum absolute atomic E-state index is 11.1. The minimum atomic E-state index is -1.33. The van der Waals surface area contributed by atoms with Crippen LogP contribution in [0.1, 0.15) is 12.5 Å². The molecule has 1 aromatic rings. The zero-order valence-electron chi connectivity index (χ0n) is 9.56. The first-order chi connectivity index (χ1) is 8.11. The third-order valence-electron chi connectivity index (χ3n) is 2.11. The van der Waals surface area contributed by atoms with Crippen molar-refractivity contribution in [2.45, 2.75) is 13.3 Å². The highest BCUT2D eigenvalue weighted by Gasteiger charge is 2.02. The Hall–Kier alpha value is -2.04. The van der Waals surface area contributed by atoms with E-state index in [-0.39, 0.29) is 6.61 Å². The minimum absolute atomic E-state index is 0.208. The van der Waals surface area contributed by atoms with Crippen LogP contribution in [-0.4, -0.2) is 25.0 Å². The van der Waals surface area contributed by atoms with Crippen molar-refractivity contribution < 1.29 is 19.4 Å². The van der Waals surface area contributed by atoms with Crippen LogP contribution in [0.15, 0.2) is 24.3 Å². The molecule has 0 heterocycles. The van der Waals surface area contributed by atoms with Crippen LogP contribution in [0.25, 0.3) is 0 Å². The molecule has 1 N–H and O–H groups in total. The number of carboxylic acid groups (broad SMARTS) is 1. The molecule has 0 aliphatic heterocycles. The van der Waals surface area contributed by atoms with E-state index in [9.17, 15) is 14.7 Å². The van der Waals surface area contributed by atoms with Crippen molar-refractivity contribution in [3.05, 3.63) is 29.8 Å². The SMILES string of the molecule is CCc1cccc(OCC(=O)NCC(=O)[O-])c1. The lowest BCUT2D eigenvalue weighted by Gasteiger charge is -2.08. The number of hydrogen-bond donors (Lipinski definition) is 1. The van der Waals surface area contributed by atoms with Crippen LogP contribution in [0.4, 0.5) is 0 Å². The third-order valence-corrected chi connectivity index (χ3v) is 2.11. The average molecular weight is 236 g/mol. The monoisotopic (exact) mass is 236 g/mol. The van der Waals surface area contributed by atoms with E-state index in [1.165, 1.54) is 0 Å². The van der Waals surface area contributed by atoms with Gasteiger partial charge < -0.3 is 20.0 Å². The molecule has 0 atom stereocenters. The first-order valence-corrected chi connectivity index (χ1v) is 5.30. The van der Waals surface area contributed by atoms with E-state index in [1.54, 1.807) is 6.07 Å². The molecule has 0 aliphatic rings. The second-order valence-corrected chi connectivity index (χ2v) is 3.44. The molecule has 1 rings (SSSR count). The number of amides is 1. The molecule has 0 aromatic heterocycles. The number of ether oxygens (including phenoxy) is 1. The quantitative estimate of drug-likeness (QED) is 0.721. The molecule has 5 heteroatoms. The Kier molecular flexibility index (Phi) is 5.00. The number of carboxylic acids is 1. The van der Waals surface area contributed by atoms with Crippen molar-refractivity contribution in [3.63, 3.8) is 0 Å². The first-order valence-electron chi connectivity index (χ1n) is 5.30. The van der Waals surface area contributed by atoms with E-state index in [0.717, 1.165) is 12.0 Å². The number of hydrogen-bond acceptors (Lipinski definition) is 4. The third kappa shape index (κ3) is 5.01. The summed E-state index contributed by atoms with van der Waals surface area (Å²) in [7, 11) is 0. The van der Waals surface area contributed by atoms with Crippen LogP contribution >= 0.6 is 0 Å². The molecular weight excluding hydrogens is 222 g/mol. The number of carbonyl (C=O) groups is 2. The number of aliphatic carboxylic acids is 1. The van der Waals surface area contributed by atoms with Gasteiger partial charge in [0.25, 0.3) is 5.91 Å². The summed E-state index contributed by atoms with van der Waals surface area (Å²) >= 11 is 0. The lowest BCUT2D eigenvalue weighted by atomic mass is 10.2. The van der Waals surface area contributed by atoms with Gasteiger partial charge in [-0.25, -0.2) is 0 Å². The molecule has 0 saturated heterocycles. The smallest absolute Gasteiger partial charge is 0.258 e. The van der Waals surface area contributed by atoms with E-state index in [2.05, 4.69) is 5.32 Å². The average Bonchev–Trinajstić information content (AvgIpc) is 2.34. The maximum atomic E-state index is 11.1. The zero-order chi connectivity index (χ0) is 12.7. The summed E-state index contributed by atoms with van der Waals surface area (Å²) in [4.78, 5) is 21.2. The van der Waals surface area contributed by atoms with Gasteiger partial charge in [0.15, 0.2) is 6.61 Å². The fourth-order valence-electron chi connectivity index (χ4n) is 1.23. The molecule has 1 amide bonds. The molecule has 0 unspecified atom stereocenters. The van der Waals surface area contributed by atoms with Gasteiger partial charge in [0, 0.05) is 0 Å². The second kappa shape index (κ2) is 6.52. The minimum Gasteiger partial charge on any atom is -0.548 e. The van der Waals surface area contributed by atoms with Crippen LogP contribution in [0.3, 0.4) is 0 Å². The predicted octanol–water partition coefficient (Wildman–Crippen LogP) is -0.506. The summed E-state index contributed by atoms with van der Waals surface area (Å²) in [6, 6.07) is 7.38. The van der Waals surface area contributed by atoms with Crippen molar-refractivity contribution in [1.29, 1.82) is 0 Å². The van der Waals surface area contributed by atoms with E-state index >= 15 is 0 Å². The lowest BCUT2D eigenvalue weighted by Crippen LogP contribution is -2.39. The second-order valence-electron chi connectivity index (χ2n) is 3.44. The van der Waals surface area contributed by atoms with Gasteiger partial charge in [0.2, 0.25) is 0 Å². The van der Waals surface area contributed by atoms with E-state index in [1.807, 2.05) is 25.1 Å². The highest BCUT2D eigenvalue weighted by molar-refractivity contribution is 5.81. The van der Waals surface area contributed by atoms with Gasteiger partial charge in [-0.3, -0.25) is 4.79 Å². The van der Waals surface area contributed by atoms with Crippen LogP contribution in [-0.2, 0) is 16.0 Å². The largest absolute Gasteiger partial charge is 0.548 e. The number of carbonyl (C=O) groups excluding carboxylic acids is 2. The van der Waals surface area contributed by atoms with Gasteiger partial charge in [0.05, 0.1) is 12.5 Å². The van der Waals surface area contributed by atoms with Crippen LogP contribution in [0.5, 0.6) is 5.75 Å². The Morgan fingerprint density at radius 2 is 2.18 bits per heavy atom. The van der Waals surface area contributed by atoms with Gasteiger partial charge in [0.1, 0.15) is 5.75 Å². The maximum Gasteiger partial charge on any atom is 0.258 e. The molecule has 0 spiro atoms. The molecule has 0 fully saturated rings. The number of benzene rings is 1. The van der Waals surface area contributed by atoms with Crippen molar-refractivity contribution in [1.82, 2.24) is 5.32 Å². The summed E-state index contributed by atoms with van der Waals surface area (Å²) in [6.45, 7) is 1.31. The fourth-order valence-corrected chi connectivity index (χ4v) is 1.23. The summed E-state index contributed by atoms with van der Waals surface area (Å²) < 4.78 is 5.22. The van der Waals surface area contributed by atoms with Crippen LogP contribution in [0.2, 0.25) is 0 Å². The summed E-state index contributed by atoms with van der Waals surface area (Å²) in [6.07, 6.45) is 0.883. The first kappa shape index (κ1) is 13.0. The molecule has 0 bridgehead atoms. The Morgan fingerprint density at radius 3 is 2.82 bits per heavy atom. The Morgan fingerprint density at radius 1 is 1.41 bits per heavy atom. The van der Waals surface area contributed by atoms with Gasteiger partial charge in [-0.15, -0.1) is 0 Å². The Bertz CT molecular complexity index is 403. The topological polar surface area (TPSA) is 78.5 Å². The highest BCUT2D eigenvalue weighted by atomic mass is 16.5. The lowest BCUT2D eigenvalue weighted by molar-refractivity contribution is -0.304. The van der Waals surface area contributed by atoms with Gasteiger partial charge in [-0.1, -0.05) is 19.1 Å². The standard InChI is InChI=1S/C12H15NO4/c1-2-9-4-3-5-10(6-9)17-8-11(14)13-7-12(15)16/h3-6H,2,7-8H2,1H3,(H,13,14)(H,15,16)/p-1.